The summed E-state index contributed by atoms with van der Waals surface area (Å²) in [6, 6.07) is 7.87. The summed E-state index contributed by atoms with van der Waals surface area (Å²) in [5, 5.41) is 3.50. The van der Waals surface area contributed by atoms with Crippen molar-refractivity contribution in [2.75, 3.05) is 16.3 Å². The Labute approximate surface area is 122 Å². The van der Waals surface area contributed by atoms with Gasteiger partial charge in [-0.2, -0.15) is 0 Å². The van der Waals surface area contributed by atoms with Crippen molar-refractivity contribution in [3.63, 3.8) is 0 Å². The molecular formula is C15H24N2O2S. The van der Waals surface area contributed by atoms with Crippen molar-refractivity contribution in [1.29, 1.82) is 0 Å². The molecule has 1 aliphatic carbocycles. The molecule has 20 heavy (non-hydrogen) atoms. The Morgan fingerprint density at radius 3 is 2.45 bits per heavy atom. The van der Waals surface area contributed by atoms with Crippen LogP contribution >= 0.6 is 0 Å². The normalized spacial score (nSPS) is 18.5. The summed E-state index contributed by atoms with van der Waals surface area (Å²) >= 11 is 0. The van der Waals surface area contributed by atoms with E-state index in [9.17, 15) is 8.42 Å². The van der Waals surface area contributed by atoms with Gasteiger partial charge < -0.3 is 5.32 Å². The van der Waals surface area contributed by atoms with Crippen LogP contribution in [0.1, 0.15) is 39.0 Å². The Bertz CT molecular complexity index is 537. The molecule has 0 bridgehead atoms. The zero-order valence-corrected chi connectivity index (χ0v) is 13.0. The minimum Gasteiger partial charge on any atom is -0.382 e. The molecule has 1 fully saturated rings. The van der Waals surface area contributed by atoms with Crippen LogP contribution in [0.15, 0.2) is 24.3 Å². The van der Waals surface area contributed by atoms with E-state index in [-0.39, 0.29) is 0 Å². The van der Waals surface area contributed by atoms with Gasteiger partial charge in [-0.05, 0) is 43.9 Å². The van der Waals surface area contributed by atoms with Gasteiger partial charge in [-0.3, -0.25) is 4.72 Å². The molecule has 1 aliphatic rings. The van der Waals surface area contributed by atoms with E-state index >= 15 is 0 Å². The molecule has 5 heteroatoms. The lowest BCUT2D eigenvalue weighted by atomic mass is 9.84. The predicted octanol–water partition coefficient (Wildman–Crippen LogP) is 3.44. The molecule has 0 radical (unpaired) electrons. The first kappa shape index (κ1) is 15.2. The Hall–Kier alpha value is -1.23. The molecule has 2 rings (SSSR count). The minimum absolute atomic E-state index is 0.420. The Balaban J connectivity index is 2.00. The fourth-order valence-corrected chi connectivity index (χ4v) is 3.46. The van der Waals surface area contributed by atoms with Crippen LogP contribution in [0.25, 0.3) is 0 Å². The number of rotatable bonds is 5. The predicted molar refractivity (Wildman–Crippen MR) is 84.6 cm³/mol. The summed E-state index contributed by atoms with van der Waals surface area (Å²) in [5.41, 5.74) is 1.57. The van der Waals surface area contributed by atoms with Crippen LogP contribution < -0.4 is 10.0 Å². The Morgan fingerprint density at radius 1 is 1.15 bits per heavy atom. The van der Waals surface area contributed by atoms with Gasteiger partial charge in [0.05, 0.1) is 11.9 Å². The van der Waals surface area contributed by atoms with Gasteiger partial charge in [0, 0.05) is 11.7 Å². The third-order valence-corrected chi connectivity index (χ3v) is 4.52. The van der Waals surface area contributed by atoms with Crippen LogP contribution in [0.2, 0.25) is 0 Å². The van der Waals surface area contributed by atoms with Gasteiger partial charge in [0.25, 0.3) is 0 Å². The van der Waals surface area contributed by atoms with E-state index in [0.717, 1.165) is 17.9 Å². The van der Waals surface area contributed by atoms with E-state index in [1.54, 1.807) is 6.07 Å². The van der Waals surface area contributed by atoms with Crippen molar-refractivity contribution in [3.05, 3.63) is 24.3 Å². The number of nitrogens with one attached hydrogen (secondary N) is 2. The van der Waals surface area contributed by atoms with Crippen molar-refractivity contribution >= 4 is 21.4 Å². The van der Waals surface area contributed by atoms with Crippen molar-refractivity contribution in [3.8, 4) is 0 Å². The maximum atomic E-state index is 11.2. The summed E-state index contributed by atoms with van der Waals surface area (Å²) in [6.07, 6.45) is 7.75. The largest absolute Gasteiger partial charge is 0.382 e. The van der Waals surface area contributed by atoms with E-state index in [1.165, 1.54) is 32.1 Å². The van der Waals surface area contributed by atoms with Crippen LogP contribution in [0, 0.1) is 5.92 Å². The quantitative estimate of drug-likeness (QED) is 0.875. The first-order valence-corrected chi connectivity index (χ1v) is 9.17. The molecule has 1 unspecified atom stereocenters. The van der Waals surface area contributed by atoms with Crippen LogP contribution in [-0.4, -0.2) is 20.7 Å². The summed E-state index contributed by atoms with van der Waals surface area (Å²) in [5.74, 6) is 0.718. The second-order valence-corrected chi connectivity index (χ2v) is 7.53. The van der Waals surface area contributed by atoms with Crippen molar-refractivity contribution < 1.29 is 8.42 Å². The molecule has 0 saturated heterocycles. The Morgan fingerprint density at radius 2 is 1.80 bits per heavy atom. The summed E-state index contributed by atoms with van der Waals surface area (Å²) in [4.78, 5) is 0. The van der Waals surface area contributed by atoms with Gasteiger partial charge >= 0.3 is 0 Å². The van der Waals surface area contributed by atoms with E-state index in [2.05, 4.69) is 17.0 Å². The average molecular weight is 296 g/mol. The molecule has 1 aromatic carbocycles. The SMILES string of the molecule is CC(Nc1cccc(NS(C)(=O)=O)c1)C1CCCCC1. The molecule has 0 amide bonds. The second-order valence-electron chi connectivity index (χ2n) is 5.79. The number of hydrogen-bond acceptors (Lipinski definition) is 3. The molecule has 4 nitrogen and oxygen atoms in total. The maximum Gasteiger partial charge on any atom is 0.229 e. The highest BCUT2D eigenvalue weighted by atomic mass is 32.2. The molecule has 1 aromatic rings. The molecular weight excluding hydrogens is 272 g/mol. The van der Waals surface area contributed by atoms with E-state index < -0.39 is 10.0 Å². The lowest BCUT2D eigenvalue weighted by Crippen LogP contribution is -2.27. The fourth-order valence-electron chi connectivity index (χ4n) is 2.90. The molecule has 112 valence electrons. The van der Waals surface area contributed by atoms with Crippen molar-refractivity contribution in [1.82, 2.24) is 0 Å². The number of sulfonamides is 1. The highest BCUT2D eigenvalue weighted by molar-refractivity contribution is 7.92. The van der Waals surface area contributed by atoms with Crippen molar-refractivity contribution in [2.24, 2.45) is 5.92 Å². The van der Waals surface area contributed by atoms with Gasteiger partial charge in [0.1, 0.15) is 0 Å². The van der Waals surface area contributed by atoms with Crippen LogP contribution in [0.4, 0.5) is 11.4 Å². The lowest BCUT2D eigenvalue weighted by Gasteiger charge is -2.29. The van der Waals surface area contributed by atoms with Crippen LogP contribution in [0.5, 0.6) is 0 Å². The molecule has 2 N–H and O–H groups in total. The summed E-state index contributed by atoms with van der Waals surface area (Å²) in [6.45, 7) is 2.21. The number of hydrogen-bond donors (Lipinski definition) is 2. The number of benzene rings is 1. The van der Waals surface area contributed by atoms with Gasteiger partial charge in [-0.1, -0.05) is 25.3 Å². The summed E-state index contributed by atoms with van der Waals surface area (Å²) < 4.78 is 25.0. The molecule has 0 aromatic heterocycles. The second kappa shape index (κ2) is 6.48. The van der Waals surface area contributed by atoms with Gasteiger partial charge in [-0.15, -0.1) is 0 Å². The third kappa shape index (κ3) is 4.71. The van der Waals surface area contributed by atoms with E-state index in [0.29, 0.717) is 11.7 Å². The highest BCUT2D eigenvalue weighted by Gasteiger charge is 2.19. The fraction of sp³-hybridized carbons (Fsp3) is 0.600. The molecule has 0 aliphatic heterocycles. The Kier molecular flexibility index (Phi) is 4.91. The minimum atomic E-state index is -3.22. The third-order valence-electron chi connectivity index (χ3n) is 3.92. The van der Waals surface area contributed by atoms with E-state index in [1.807, 2.05) is 18.2 Å². The molecule has 0 heterocycles. The monoisotopic (exact) mass is 296 g/mol. The van der Waals surface area contributed by atoms with Gasteiger partial charge in [0.15, 0.2) is 0 Å². The lowest BCUT2D eigenvalue weighted by molar-refractivity contribution is 0.328. The zero-order valence-electron chi connectivity index (χ0n) is 12.2. The average Bonchev–Trinajstić information content (AvgIpc) is 2.38. The van der Waals surface area contributed by atoms with Crippen LogP contribution in [0.3, 0.4) is 0 Å². The topological polar surface area (TPSA) is 58.2 Å². The smallest absolute Gasteiger partial charge is 0.229 e. The molecule has 1 atom stereocenters. The van der Waals surface area contributed by atoms with Crippen molar-refractivity contribution in [2.45, 2.75) is 45.1 Å². The first-order chi connectivity index (χ1) is 9.44. The van der Waals surface area contributed by atoms with Gasteiger partial charge in [-0.25, -0.2) is 8.42 Å². The molecule has 1 saturated carbocycles. The zero-order chi connectivity index (χ0) is 14.6. The summed E-state index contributed by atoms with van der Waals surface area (Å²) in [7, 11) is -3.22. The van der Waals surface area contributed by atoms with Crippen LogP contribution in [-0.2, 0) is 10.0 Å². The first-order valence-electron chi connectivity index (χ1n) is 7.28. The highest BCUT2D eigenvalue weighted by Crippen LogP contribution is 2.28. The number of anilines is 2. The maximum absolute atomic E-state index is 11.2. The standard InChI is InChI=1S/C15H24N2O2S/c1-12(13-7-4-3-5-8-13)16-14-9-6-10-15(11-14)17-20(2,18)19/h6,9-13,16-17H,3-5,7-8H2,1-2H3. The van der Waals surface area contributed by atoms with E-state index in [4.69, 9.17) is 0 Å². The van der Waals surface area contributed by atoms with Gasteiger partial charge in [0.2, 0.25) is 10.0 Å². The molecule has 0 spiro atoms.